The number of carbonyl (C=O) groups excluding carboxylic acids is 1. The predicted octanol–water partition coefficient (Wildman–Crippen LogP) is 3.79. The Bertz CT molecular complexity index is 926. The molecule has 1 aliphatic rings. The number of Topliss-reactive ketones (excluding diaryl/α,β-unsaturated/α-hetero) is 1. The van der Waals surface area contributed by atoms with Crippen LogP contribution < -0.4 is 9.62 Å². The third-order valence-electron chi connectivity index (χ3n) is 5.25. The van der Waals surface area contributed by atoms with Crippen LogP contribution in [0.25, 0.3) is 0 Å². The lowest BCUT2D eigenvalue weighted by molar-refractivity contribution is -0.119. The number of aryl methyl sites for hydroxylation is 1. The summed E-state index contributed by atoms with van der Waals surface area (Å²) in [6.07, 6.45) is 3.60. The van der Waals surface area contributed by atoms with Gasteiger partial charge < -0.3 is 4.90 Å². The van der Waals surface area contributed by atoms with Crippen LogP contribution in [0.3, 0.4) is 0 Å². The molecule has 1 unspecified atom stereocenters. The topological polar surface area (TPSA) is 66.5 Å². The SMILES string of the molecule is CC(C)CC(NS(=O)(=O)c1ccccc1)C(=O)CN1CCCCc2ccccc21. The van der Waals surface area contributed by atoms with E-state index in [1.54, 1.807) is 30.3 Å². The van der Waals surface area contributed by atoms with Gasteiger partial charge in [-0.15, -0.1) is 0 Å². The molecule has 29 heavy (non-hydrogen) atoms. The molecule has 156 valence electrons. The minimum Gasteiger partial charge on any atom is -0.364 e. The maximum atomic E-state index is 13.2. The monoisotopic (exact) mass is 414 g/mol. The quantitative estimate of drug-likeness (QED) is 0.714. The zero-order valence-electron chi connectivity index (χ0n) is 17.2. The van der Waals surface area contributed by atoms with Gasteiger partial charge in [-0.05, 0) is 55.4 Å². The van der Waals surface area contributed by atoms with Gasteiger partial charge in [0.1, 0.15) is 0 Å². The molecule has 0 saturated carbocycles. The van der Waals surface area contributed by atoms with E-state index < -0.39 is 16.1 Å². The molecule has 5 nitrogen and oxygen atoms in total. The first-order valence-corrected chi connectivity index (χ1v) is 11.8. The molecule has 0 fully saturated rings. The van der Waals surface area contributed by atoms with Crippen LogP contribution in [-0.4, -0.2) is 33.3 Å². The Morgan fingerprint density at radius 2 is 1.72 bits per heavy atom. The smallest absolute Gasteiger partial charge is 0.241 e. The van der Waals surface area contributed by atoms with E-state index in [0.717, 1.165) is 31.5 Å². The van der Waals surface area contributed by atoms with Crippen molar-refractivity contribution < 1.29 is 13.2 Å². The van der Waals surface area contributed by atoms with Crippen molar-refractivity contribution in [1.29, 1.82) is 0 Å². The van der Waals surface area contributed by atoms with E-state index in [1.807, 2.05) is 26.0 Å². The van der Waals surface area contributed by atoms with Crippen molar-refractivity contribution in [1.82, 2.24) is 4.72 Å². The van der Waals surface area contributed by atoms with Crippen LogP contribution in [0.15, 0.2) is 59.5 Å². The molecule has 0 amide bonds. The van der Waals surface area contributed by atoms with Crippen molar-refractivity contribution in [2.45, 2.75) is 50.5 Å². The second-order valence-corrected chi connectivity index (χ2v) is 9.80. The molecule has 1 atom stereocenters. The Labute approximate surface area is 174 Å². The van der Waals surface area contributed by atoms with E-state index in [9.17, 15) is 13.2 Å². The summed E-state index contributed by atoms with van der Waals surface area (Å²) >= 11 is 0. The number of anilines is 1. The minimum absolute atomic E-state index is 0.0880. The molecular formula is C23H30N2O3S. The fraction of sp³-hybridized carbons (Fsp3) is 0.435. The van der Waals surface area contributed by atoms with E-state index >= 15 is 0 Å². The van der Waals surface area contributed by atoms with Gasteiger partial charge in [0.2, 0.25) is 10.0 Å². The first kappa shape index (κ1) is 21.5. The summed E-state index contributed by atoms with van der Waals surface area (Å²) in [5, 5.41) is 0. The molecule has 0 bridgehead atoms. The summed E-state index contributed by atoms with van der Waals surface area (Å²) in [7, 11) is -3.75. The first-order chi connectivity index (χ1) is 13.9. The molecule has 6 heteroatoms. The van der Waals surface area contributed by atoms with Gasteiger partial charge in [0.05, 0.1) is 17.5 Å². The van der Waals surface area contributed by atoms with E-state index in [0.29, 0.717) is 6.42 Å². The second kappa shape index (κ2) is 9.55. The maximum absolute atomic E-state index is 13.2. The highest BCUT2D eigenvalue weighted by molar-refractivity contribution is 7.89. The van der Waals surface area contributed by atoms with E-state index in [2.05, 4.69) is 21.8 Å². The molecular weight excluding hydrogens is 384 g/mol. The number of sulfonamides is 1. The predicted molar refractivity (Wildman–Crippen MR) is 117 cm³/mol. The fourth-order valence-electron chi connectivity index (χ4n) is 3.80. The summed E-state index contributed by atoms with van der Waals surface area (Å²) in [5.41, 5.74) is 2.34. The van der Waals surface area contributed by atoms with Crippen LogP contribution in [-0.2, 0) is 21.2 Å². The lowest BCUT2D eigenvalue weighted by Crippen LogP contribution is -2.46. The van der Waals surface area contributed by atoms with Gasteiger partial charge in [0.25, 0.3) is 0 Å². The Morgan fingerprint density at radius 1 is 1.03 bits per heavy atom. The van der Waals surface area contributed by atoms with Gasteiger partial charge in [-0.25, -0.2) is 13.1 Å². The number of rotatable bonds is 8. The van der Waals surface area contributed by atoms with Crippen LogP contribution >= 0.6 is 0 Å². The second-order valence-electron chi connectivity index (χ2n) is 8.09. The average Bonchev–Trinajstić information content (AvgIpc) is 2.90. The van der Waals surface area contributed by atoms with Crippen LogP contribution in [0.1, 0.15) is 38.7 Å². The molecule has 0 saturated heterocycles. The van der Waals surface area contributed by atoms with Gasteiger partial charge in [-0.2, -0.15) is 0 Å². The van der Waals surface area contributed by atoms with Crippen molar-refractivity contribution in [3.8, 4) is 0 Å². The number of benzene rings is 2. The molecule has 1 N–H and O–H groups in total. The largest absolute Gasteiger partial charge is 0.364 e. The molecule has 2 aromatic carbocycles. The van der Waals surface area contributed by atoms with Crippen molar-refractivity contribution >= 4 is 21.5 Å². The number of carbonyl (C=O) groups is 1. The van der Waals surface area contributed by atoms with Crippen molar-refractivity contribution in [2.75, 3.05) is 18.0 Å². The molecule has 0 spiro atoms. The molecule has 1 aliphatic heterocycles. The zero-order chi connectivity index (χ0) is 20.9. The fourth-order valence-corrected chi connectivity index (χ4v) is 5.06. The minimum atomic E-state index is -3.75. The van der Waals surface area contributed by atoms with Gasteiger partial charge in [-0.1, -0.05) is 50.2 Å². The molecule has 0 aromatic heterocycles. The number of nitrogens with zero attached hydrogens (tertiary/aromatic N) is 1. The van der Waals surface area contributed by atoms with E-state index in [-0.39, 0.29) is 23.1 Å². The van der Waals surface area contributed by atoms with Gasteiger partial charge in [0.15, 0.2) is 5.78 Å². The molecule has 2 aromatic rings. The number of nitrogens with one attached hydrogen (secondary N) is 1. The maximum Gasteiger partial charge on any atom is 0.241 e. The third-order valence-corrected chi connectivity index (χ3v) is 6.74. The van der Waals surface area contributed by atoms with Gasteiger partial charge >= 0.3 is 0 Å². The van der Waals surface area contributed by atoms with Crippen LogP contribution in [0.5, 0.6) is 0 Å². The summed E-state index contributed by atoms with van der Waals surface area (Å²) < 4.78 is 28.3. The summed E-state index contributed by atoms with van der Waals surface area (Å²) in [6.45, 7) is 5.02. The number of hydrogen-bond donors (Lipinski definition) is 1. The molecule has 0 radical (unpaired) electrons. The highest BCUT2D eigenvalue weighted by atomic mass is 32.2. The van der Waals surface area contributed by atoms with Crippen molar-refractivity contribution in [2.24, 2.45) is 5.92 Å². The van der Waals surface area contributed by atoms with Gasteiger partial charge in [-0.3, -0.25) is 4.79 Å². The molecule has 3 rings (SSSR count). The number of para-hydroxylation sites is 1. The zero-order valence-corrected chi connectivity index (χ0v) is 18.0. The van der Waals surface area contributed by atoms with Crippen LogP contribution in [0, 0.1) is 5.92 Å². The lowest BCUT2D eigenvalue weighted by atomic mass is 10.0. The molecule has 1 heterocycles. The average molecular weight is 415 g/mol. The van der Waals surface area contributed by atoms with Crippen LogP contribution in [0.2, 0.25) is 0 Å². The Kier molecular flexibility index (Phi) is 7.09. The lowest BCUT2D eigenvalue weighted by Gasteiger charge is -2.27. The van der Waals surface area contributed by atoms with Crippen LogP contribution in [0.4, 0.5) is 5.69 Å². The first-order valence-electron chi connectivity index (χ1n) is 10.3. The normalized spacial score (nSPS) is 15.6. The number of ketones is 1. The highest BCUT2D eigenvalue weighted by Crippen LogP contribution is 2.26. The Morgan fingerprint density at radius 3 is 2.45 bits per heavy atom. The van der Waals surface area contributed by atoms with E-state index in [1.165, 1.54) is 5.56 Å². The summed E-state index contributed by atoms with van der Waals surface area (Å²) in [5.74, 6) is 0.105. The summed E-state index contributed by atoms with van der Waals surface area (Å²) in [6, 6.07) is 15.7. The van der Waals surface area contributed by atoms with Gasteiger partial charge in [0, 0.05) is 12.2 Å². The number of fused-ring (bicyclic) bond motifs is 1. The summed E-state index contributed by atoms with van der Waals surface area (Å²) in [4.78, 5) is 15.5. The Hall–Kier alpha value is -2.18. The van der Waals surface area contributed by atoms with Crippen molar-refractivity contribution in [3.05, 3.63) is 60.2 Å². The third kappa shape index (κ3) is 5.67. The highest BCUT2D eigenvalue weighted by Gasteiger charge is 2.28. The Balaban J connectivity index is 1.80. The van der Waals surface area contributed by atoms with Crippen molar-refractivity contribution in [3.63, 3.8) is 0 Å². The molecule has 0 aliphatic carbocycles. The standard InChI is InChI=1S/C23H30N2O3S/c1-18(2)16-21(24-29(27,28)20-12-4-3-5-13-20)23(26)17-25-15-9-8-11-19-10-6-7-14-22(19)25/h3-7,10,12-14,18,21,24H,8-9,11,15-17H2,1-2H3. The number of hydrogen-bond acceptors (Lipinski definition) is 4. The van der Waals surface area contributed by atoms with E-state index in [4.69, 9.17) is 0 Å².